The lowest BCUT2D eigenvalue weighted by atomic mass is 10.1. The Morgan fingerprint density at radius 3 is 1.20 bits per heavy atom. The number of hydrogen-bond donors (Lipinski definition) is 0. The minimum absolute atomic E-state index is 0.601. The summed E-state index contributed by atoms with van der Waals surface area (Å²) in [7, 11) is -2.42. The fourth-order valence-corrected chi connectivity index (χ4v) is 10.9. The molecule has 8 aromatic rings. The molecular weight excluding hydrogens is 654 g/mol. The Labute approximate surface area is 280 Å². The van der Waals surface area contributed by atoms with Gasteiger partial charge in [-0.15, -0.1) is 0 Å². The molecule has 4 aromatic carbocycles. The van der Waals surface area contributed by atoms with Crippen LogP contribution >= 0.6 is 14.9 Å². The van der Waals surface area contributed by atoms with Gasteiger partial charge >= 0.3 is 0 Å². The molecule has 14 heteroatoms. The van der Waals surface area contributed by atoms with Crippen LogP contribution in [-0.4, -0.2) is 60.6 Å². The van der Waals surface area contributed by atoms with Crippen molar-refractivity contribution in [2.24, 2.45) is 0 Å². The van der Waals surface area contributed by atoms with E-state index in [0.717, 1.165) is 21.5 Å². The van der Waals surface area contributed by atoms with Crippen LogP contribution in [0.15, 0.2) is 98.6 Å². The first-order valence-corrected chi connectivity index (χ1v) is 18.9. The van der Waals surface area contributed by atoms with E-state index >= 15 is 9.13 Å². The van der Waals surface area contributed by atoms with Crippen molar-refractivity contribution in [3.8, 4) is 0 Å². The highest BCUT2D eigenvalue weighted by Crippen LogP contribution is 2.49. The van der Waals surface area contributed by atoms with Crippen LogP contribution in [0.3, 0.4) is 0 Å². The molecule has 0 radical (unpaired) electrons. The number of anilines is 4. The average molecular weight is 681 g/mol. The van der Waals surface area contributed by atoms with Crippen LogP contribution in [0.5, 0.6) is 0 Å². The number of hydrogen-bond acceptors (Lipinski definition) is 12. The van der Waals surface area contributed by atoms with Gasteiger partial charge in [0.05, 0.1) is 44.8 Å². The molecule has 0 fully saturated rings. The molecule has 0 N–H and O–H groups in total. The van der Waals surface area contributed by atoms with Gasteiger partial charge in [0, 0.05) is 81.6 Å². The van der Waals surface area contributed by atoms with Crippen molar-refractivity contribution in [1.82, 2.24) is 39.9 Å². The quantitative estimate of drug-likeness (QED) is 0.204. The van der Waals surface area contributed by atoms with Gasteiger partial charge in [-0.3, -0.25) is 0 Å². The van der Waals surface area contributed by atoms with E-state index in [2.05, 4.69) is 39.9 Å². The lowest BCUT2D eigenvalue weighted by Gasteiger charge is -2.32. The van der Waals surface area contributed by atoms with Gasteiger partial charge in [-0.1, -0.05) is 0 Å². The maximum atomic E-state index is 15.8. The van der Waals surface area contributed by atoms with E-state index in [-0.39, 0.29) is 0 Å². The number of fused-ring (bicyclic) bond motifs is 8. The Morgan fingerprint density at radius 1 is 0.510 bits per heavy atom. The van der Waals surface area contributed by atoms with Crippen molar-refractivity contribution < 1.29 is 9.13 Å². The maximum absolute atomic E-state index is 15.8. The topological polar surface area (TPSA) is 144 Å². The van der Waals surface area contributed by atoms with Crippen molar-refractivity contribution in [1.29, 1.82) is 0 Å². The van der Waals surface area contributed by atoms with Gasteiger partial charge in [0.1, 0.15) is 40.3 Å². The van der Waals surface area contributed by atoms with E-state index in [4.69, 9.17) is 0 Å². The van der Waals surface area contributed by atoms with Crippen LogP contribution in [0, 0.1) is 0 Å². The van der Waals surface area contributed by atoms with Gasteiger partial charge < -0.3 is 18.9 Å². The summed E-state index contributed by atoms with van der Waals surface area (Å²) in [5.41, 5.74) is 5.39. The van der Waals surface area contributed by atoms with Crippen molar-refractivity contribution in [2.75, 3.05) is 30.6 Å². The van der Waals surface area contributed by atoms with Gasteiger partial charge in [0.2, 0.25) is 0 Å². The standard InChI is InChI=1S/C35H26N10O2P2/c1-44-28-8-24-20(12-36-16-40-24)4-32(28)48(46)33-5-21-13-37-17-41-25(21)9-29(33)45(2)31-11-27-23(15-39-19-43-27)7-35(31)49(3,47)34-6-22-14-38-18-42-26(22)10-30(34)44/h4-19,48H,1-3H3. The molecule has 0 spiro atoms. The minimum atomic E-state index is -3.45. The molecule has 0 unspecified atom stereocenters. The van der Waals surface area contributed by atoms with Crippen molar-refractivity contribution in [3.05, 3.63) is 98.6 Å². The zero-order chi connectivity index (χ0) is 33.4. The number of benzene rings is 4. The molecule has 238 valence electrons. The average Bonchev–Trinajstić information content (AvgIpc) is 3.14. The second kappa shape index (κ2) is 10.9. The third-order valence-corrected chi connectivity index (χ3v) is 13.6. The smallest absolute Gasteiger partial charge is 0.144 e. The van der Waals surface area contributed by atoms with Gasteiger partial charge in [-0.25, -0.2) is 39.9 Å². The monoisotopic (exact) mass is 680 g/mol. The summed E-state index contributed by atoms with van der Waals surface area (Å²) in [6, 6.07) is 15.3. The molecule has 0 saturated carbocycles. The minimum Gasteiger partial charge on any atom is -0.343 e. The second-order valence-electron chi connectivity index (χ2n) is 12.1. The number of rotatable bonds is 0. The molecular formula is C35H26N10O2P2. The zero-order valence-corrected chi connectivity index (χ0v) is 28.4. The maximum Gasteiger partial charge on any atom is 0.144 e. The zero-order valence-electron chi connectivity index (χ0n) is 26.5. The molecule has 0 amide bonds. The second-order valence-corrected chi connectivity index (χ2v) is 16.7. The van der Waals surface area contributed by atoms with E-state index < -0.39 is 14.9 Å². The van der Waals surface area contributed by atoms with E-state index in [0.29, 0.717) is 66.0 Å². The summed E-state index contributed by atoms with van der Waals surface area (Å²) in [4.78, 5) is 39.0. The predicted octanol–water partition coefficient (Wildman–Crippen LogP) is 4.76. The van der Waals surface area contributed by atoms with Crippen LogP contribution in [-0.2, 0) is 9.13 Å². The lowest BCUT2D eigenvalue weighted by molar-refractivity contribution is 0.590. The molecule has 1 aliphatic rings. The van der Waals surface area contributed by atoms with Crippen molar-refractivity contribution >= 4 is 103 Å². The Hall–Kier alpha value is -5.70. The highest BCUT2D eigenvalue weighted by atomic mass is 31.2. The Morgan fingerprint density at radius 2 is 0.837 bits per heavy atom. The Kier molecular flexibility index (Phi) is 6.56. The summed E-state index contributed by atoms with van der Waals surface area (Å²) in [5, 5.41) is 5.41. The first kappa shape index (κ1) is 29.4. The summed E-state index contributed by atoms with van der Waals surface area (Å²) >= 11 is 0. The normalized spacial score (nSPS) is 17.7. The molecule has 12 nitrogen and oxygen atoms in total. The highest BCUT2D eigenvalue weighted by molar-refractivity contribution is 7.78. The molecule has 4 aromatic heterocycles. The van der Waals surface area contributed by atoms with E-state index in [9.17, 15) is 0 Å². The fourth-order valence-electron chi connectivity index (χ4n) is 6.72. The number of nitrogens with zero attached hydrogens (tertiary/aromatic N) is 10. The fraction of sp³-hybridized carbons (Fsp3) is 0.0857. The van der Waals surface area contributed by atoms with E-state index in [1.807, 2.05) is 72.4 Å². The van der Waals surface area contributed by atoms with E-state index in [1.165, 1.54) is 25.3 Å². The van der Waals surface area contributed by atoms with E-state index in [1.54, 1.807) is 31.5 Å². The van der Waals surface area contributed by atoms with Gasteiger partial charge in [0.15, 0.2) is 0 Å². The van der Waals surface area contributed by atoms with Gasteiger partial charge in [0.25, 0.3) is 0 Å². The van der Waals surface area contributed by atoms with Crippen LogP contribution in [0.4, 0.5) is 22.7 Å². The molecule has 9 rings (SSSR count). The van der Waals surface area contributed by atoms with Crippen molar-refractivity contribution in [2.45, 2.75) is 0 Å². The lowest BCUT2D eigenvalue weighted by Crippen LogP contribution is -2.31. The predicted molar refractivity (Wildman–Crippen MR) is 195 cm³/mol. The molecule has 0 saturated heterocycles. The molecule has 0 atom stereocenters. The van der Waals surface area contributed by atoms with Crippen LogP contribution in [0.2, 0.25) is 0 Å². The van der Waals surface area contributed by atoms with Gasteiger partial charge in [-0.2, -0.15) is 0 Å². The largest absolute Gasteiger partial charge is 0.343 e. The Balaban J connectivity index is 1.46. The van der Waals surface area contributed by atoms with Crippen molar-refractivity contribution in [3.63, 3.8) is 0 Å². The third kappa shape index (κ3) is 4.59. The Bertz CT molecular complexity index is 2580. The first-order chi connectivity index (χ1) is 23.8. The molecule has 0 aliphatic carbocycles. The molecule has 0 bridgehead atoms. The van der Waals surface area contributed by atoms with Crippen LogP contribution < -0.4 is 31.0 Å². The van der Waals surface area contributed by atoms with Gasteiger partial charge in [-0.05, 0) is 55.2 Å². The van der Waals surface area contributed by atoms with Crippen LogP contribution in [0.25, 0.3) is 43.6 Å². The summed E-state index contributed by atoms with van der Waals surface area (Å²) in [6.45, 7) is 1.79. The summed E-state index contributed by atoms with van der Waals surface area (Å²) in [6.07, 6.45) is 12.9. The molecule has 1 aliphatic heterocycles. The number of aromatic nitrogens is 8. The molecule has 5 heterocycles. The van der Waals surface area contributed by atoms with Crippen LogP contribution in [0.1, 0.15) is 0 Å². The summed E-state index contributed by atoms with van der Waals surface area (Å²) < 4.78 is 31.0. The SMILES string of the molecule is CN1c2cc3ncncc3cc2[PH](=O)c2cc3cncnc3cc2N(C)c2cc3ncncc3cc2P(C)(=O)c2cc3cncnc3cc21. The third-order valence-electron chi connectivity index (χ3n) is 9.30. The first-order valence-electron chi connectivity index (χ1n) is 15.3. The molecule has 49 heavy (non-hydrogen) atoms. The summed E-state index contributed by atoms with van der Waals surface area (Å²) in [5.74, 6) is 0. The highest BCUT2D eigenvalue weighted by Gasteiger charge is 2.34.